The lowest BCUT2D eigenvalue weighted by Crippen LogP contribution is -2.25. The predicted octanol–water partition coefficient (Wildman–Crippen LogP) is 3.42. The first kappa shape index (κ1) is 24.1. The number of methoxy groups -OCH3 is 3. The molecule has 0 radical (unpaired) electrons. The summed E-state index contributed by atoms with van der Waals surface area (Å²) < 4.78 is 19.0. The molecule has 4 aromatic rings. The molecule has 0 aliphatic heterocycles. The van der Waals surface area contributed by atoms with Crippen molar-refractivity contribution in [1.29, 1.82) is 0 Å². The summed E-state index contributed by atoms with van der Waals surface area (Å²) in [5.41, 5.74) is 0.946. The molecule has 10 nitrogen and oxygen atoms in total. The Bertz CT molecular complexity index is 1390. The van der Waals surface area contributed by atoms with Gasteiger partial charge in [0.15, 0.2) is 5.16 Å². The Labute approximate surface area is 205 Å². The number of benzene rings is 2. The lowest BCUT2D eigenvalue weighted by atomic mass is 10.2. The molecule has 0 saturated heterocycles. The van der Waals surface area contributed by atoms with Crippen LogP contribution in [0.1, 0.15) is 13.3 Å². The number of fused-ring (bicyclic) bond motifs is 1. The first-order valence-electron chi connectivity index (χ1n) is 10.8. The Hall–Kier alpha value is -3.99. The van der Waals surface area contributed by atoms with Crippen LogP contribution in [-0.4, -0.2) is 51.7 Å². The van der Waals surface area contributed by atoms with E-state index in [9.17, 15) is 9.59 Å². The highest BCUT2D eigenvalue weighted by Crippen LogP contribution is 2.29. The number of rotatable bonds is 9. The van der Waals surface area contributed by atoms with Gasteiger partial charge < -0.3 is 19.5 Å². The monoisotopic (exact) mass is 495 g/mol. The summed E-state index contributed by atoms with van der Waals surface area (Å²) in [6.07, 6.45) is 3.86. The average molecular weight is 496 g/mol. The highest BCUT2D eigenvalue weighted by Gasteiger charge is 2.23. The zero-order valence-electron chi connectivity index (χ0n) is 19.7. The highest BCUT2D eigenvalue weighted by molar-refractivity contribution is 8.00. The molecule has 2 heterocycles. The third-order valence-electron chi connectivity index (χ3n) is 5.31. The number of hydrogen-bond donors (Lipinski definition) is 1. The summed E-state index contributed by atoms with van der Waals surface area (Å²) >= 11 is 1.23. The molecule has 182 valence electrons. The van der Waals surface area contributed by atoms with Crippen molar-refractivity contribution >= 4 is 29.0 Å². The molecule has 0 aliphatic carbocycles. The second kappa shape index (κ2) is 10.5. The van der Waals surface area contributed by atoms with Gasteiger partial charge in [-0.2, -0.15) is 0 Å². The van der Waals surface area contributed by atoms with Crippen LogP contribution in [0.3, 0.4) is 0 Å². The van der Waals surface area contributed by atoms with Gasteiger partial charge in [-0.25, -0.2) is 0 Å². The van der Waals surface area contributed by atoms with Crippen LogP contribution in [0.25, 0.3) is 11.3 Å². The molecule has 0 saturated carbocycles. The van der Waals surface area contributed by atoms with Crippen LogP contribution in [0.2, 0.25) is 0 Å². The number of nitrogens with one attached hydrogen (secondary N) is 1. The van der Waals surface area contributed by atoms with Gasteiger partial charge in [0.1, 0.15) is 17.2 Å². The smallest absolute Gasteiger partial charge is 0.300 e. The lowest BCUT2D eigenvalue weighted by Gasteiger charge is -2.15. The van der Waals surface area contributed by atoms with E-state index in [-0.39, 0.29) is 17.1 Å². The number of para-hydroxylation sites is 2. The van der Waals surface area contributed by atoms with Crippen molar-refractivity contribution in [2.45, 2.75) is 23.8 Å². The molecule has 1 amide bonds. The molecule has 0 unspecified atom stereocenters. The van der Waals surface area contributed by atoms with Crippen LogP contribution >= 0.6 is 11.8 Å². The van der Waals surface area contributed by atoms with Crippen LogP contribution in [0.4, 0.5) is 5.69 Å². The Morgan fingerprint density at radius 2 is 1.74 bits per heavy atom. The van der Waals surface area contributed by atoms with Gasteiger partial charge in [-0.1, -0.05) is 30.8 Å². The largest absolute Gasteiger partial charge is 0.497 e. The molecule has 11 heteroatoms. The van der Waals surface area contributed by atoms with Crippen molar-refractivity contribution in [3.8, 4) is 22.9 Å². The minimum atomic E-state index is -0.476. The minimum absolute atomic E-state index is 0.147. The van der Waals surface area contributed by atoms with Gasteiger partial charge in [0.05, 0.1) is 32.3 Å². The van der Waals surface area contributed by atoms with E-state index < -0.39 is 5.25 Å². The van der Waals surface area contributed by atoms with Crippen LogP contribution in [0.5, 0.6) is 17.2 Å². The number of ether oxygens (including phenoxy) is 3. The Kier molecular flexibility index (Phi) is 7.25. The molecule has 0 fully saturated rings. The molecule has 1 atom stereocenters. The van der Waals surface area contributed by atoms with Crippen LogP contribution in [-0.2, 0) is 4.79 Å². The Morgan fingerprint density at radius 1 is 1.03 bits per heavy atom. The third kappa shape index (κ3) is 4.94. The second-order valence-electron chi connectivity index (χ2n) is 7.43. The van der Waals surface area contributed by atoms with Crippen molar-refractivity contribution < 1.29 is 19.0 Å². The van der Waals surface area contributed by atoms with Crippen molar-refractivity contribution in [3.63, 3.8) is 0 Å². The van der Waals surface area contributed by atoms with E-state index in [1.165, 1.54) is 16.3 Å². The maximum atomic E-state index is 13.1. The predicted molar refractivity (Wildman–Crippen MR) is 133 cm³/mol. The van der Waals surface area contributed by atoms with E-state index >= 15 is 0 Å². The first-order chi connectivity index (χ1) is 17.0. The van der Waals surface area contributed by atoms with Gasteiger partial charge in [0, 0.05) is 36.3 Å². The van der Waals surface area contributed by atoms with Crippen LogP contribution < -0.4 is 25.1 Å². The summed E-state index contributed by atoms with van der Waals surface area (Å²) in [6, 6.07) is 12.4. The molecule has 2 aromatic heterocycles. The number of carbonyl (C=O) groups excluding carboxylic acids is 1. The molecular formula is C24H25N5O5S. The molecule has 0 aliphatic rings. The number of hydrogen-bond acceptors (Lipinski definition) is 8. The van der Waals surface area contributed by atoms with Gasteiger partial charge in [-0.15, -0.1) is 10.2 Å². The summed E-state index contributed by atoms with van der Waals surface area (Å²) in [4.78, 5) is 26.2. The molecule has 0 bridgehead atoms. The first-order valence-corrected chi connectivity index (χ1v) is 11.7. The number of amides is 1. The summed E-state index contributed by atoms with van der Waals surface area (Å²) in [6.45, 7) is 1.90. The maximum Gasteiger partial charge on any atom is 0.300 e. The normalized spacial score (nSPS) is 11.8. The fourth-order valence-corrected chi connectivity index (χ4v) is 4.45. The van der Waals surface area contributed by atoms with Gasteiger partial charge in [-0.3, -0.25) is 18.6 Å². The van der Waals surface area contributed by atoms with Crippen molar-refractivity contribution in [3.05, 3.63) is 65.2 Å². The lowest BCUT2D eigenvalue weighted by molar-refractivity contribution is -0.115. The van der Waals surface area contributed by atoms with Gasteiger partial charge >= 0.3 is 5.56 Å². The quantitative estimate of drug-likeness (QED) is 0.352. The highest BCUT2D eigenvalue weighted by atomic mass is 32.2. The van der Waals surface area contributed by atoms with E-state index in [2.05, 4.69) is 15.5 Å². The van der Waals surface area contributed by atoms with Gasteiger partial charge in [0.25, 0.3) is 0 Å². The van der Waals surface area contributed by atoms with Gasteiger partial charge in [0.2, 0.25) is 11.6 Å². The second-order valence-corrected chi connectivity index (χ2v) is 8.60. The molecule has 35 heavy (non-hydrogen) atoms. The molecule has 4 rings (SSSR count). The number of anilines is 1. The average Bonchev–Trinajstić information content (AvgIpc) is 3.30. The number of nitrogens with zero attached hydrogens (tertiary/aromatic N) is 4. The van der Waals surface area contributed by atoms with Crippen LogP contribution in [0, 0.1) is 0 Å². The molecule has 0 spiro atoms. The van der Waals surface area contributed by atoms with Gasteiger partial charge in [-0.05, 0) is 18.6 Å². The fourth-order valence-electron chi connectivity index (χ4n) is 3.52. The zero-order chi connectivity index (χ0) is 24.9. The van der Waals surface area contributed by atoms with Crippen LogP contribution in [0.15, 0.2) is 64.8 Å². The van der Waals surface area contributed by atoms with E-state index in [0.717, 1.165) is 0 Å². The van der Waals surface area contributed by atoms with E-state index in [1.807, 2.05) is 19.1 Å². The third-order valence-corrected chi connectivity index (χ3v) is 6.64. The topological polar surface area (TPSA) is 109 Å². The van der Waals surface area contributed by atoms with E-state index in [1.54, 1.807) is 68.5 Å². The molecule has 2 aromatic carbocycles. The van der Waals surface area contributed by atoms with E-state index in [0.29, 0.717) is 40.2 Å². The SMILES string of the molecule is CC[C@@H](Sc1nnc2c(=O)n(-c3ccccc3OC)ccn12)C(=O)Nc1cc(OC)cc(OC)c1. The molecular weight excluding hydrogens is 470 g/mol. The van der Waals surface area contributed by atoms with Crippen molar-refractivity contribution in [1.82, 2.24) is 19.2 Å². The summed E-state index contributed by atoms with van der Waals surface area (Å²) in [5, 5.41) is 11.1. The summed E-state index contributed by atoms with van der Waals surface area (Å²) in [7, 11) is 4.64. The Morgan fingerprint density at radius 3 is 2.40 bits per heavy atom. The number of thioether (sulfide) groups is 1. The van der Waals surface area contributed by atoms with Crippen molar-refractivity contribution in [2.24, 2.45) is 0 Å². The standard InChI is InChI=1S/C24H25N5O5S/c1-5-20(22(30)25-15-12-16(32-2)14-17(13-15)33-3)35-24-27-26-21-23(31)28(10-11-29(21)24)18-8-6-7-9-19(18)34-4/h6-14,20H,5H2,1-4H3,(H,25,30)/t20-/m1/s1. The van der Waals surface area contributed by atoms with Crippen molar-refractivity contribution in [2.75, 3.05) is 26.6 Å². The number of carbonyl (C=O) groups is 1. The number of aromatic nitrogens is 4. The minimum Gasteiger partial charge on any atom is -0.497 e. The maximum absolute atomic E-state index is 13.1. The zero-order valence-corrected chi connectivity index (χ0v) is 20.5. The fraction of sp³-hybridized carbons (Fsp3) is 0.250. The van der Waals surface area contributed by atoms with E-state index in [4.69, 9.17) is 14.2 Å². The molecule has 1 N–H and O–H groups in total. The summed E-state index contributed by atoms with van der Waals surface area (Å²) in [5.74, 6) is 1.47. The Balaban J connectivity index is 1.59.